The molecule has 0 atom stereocenters. The van der Waals surface area contributed by atoms with Crippen LogP contribution in [0.5, 0.6) is 5.75 Å². The number of halogens is 2. The van der Waals surface area contributed by atoms with Crippen molar-refractivity contribution in [3.05, 3.63) is 82.9 Å². The van der Waals surface area contributed by atoms with Crippen LogP contribution in [0.1, 0.15) is 11.4 Å². The Kier molecular flexibility index (Phi) is 4.47. The predicted molar refractivity (Wildman–Crippen MR) is 102 cm³/mol. The second-order valence-corrected chi connectivity index (χ2v) is 6.50. The molecule has 0 bridgehead atoms. The Morgan fingerprint density at radius 2 is 2.04 bits per heavy atom. The molecule has 8 heteroatoms. The van der Waals surface area contributed by atoms with E-state index in [2.05, 4.69) is 4.98 Å². The molecule has 6 nitrogen and oxygen atoms in total. The number of para-hydroxylation sites is 1. The zero-order chi connectivity index (χ0) is 19.0. The Balaban J connectivity index is 1.74. The molecule has 1 aliphatic heterocycles. The summed E-state index contributed by atoms with van der Waals surface area (Å²) in [5, 5.41) is 2.07. The molecule has 2 heterocycles. The van der Waals surface area contributed by atoms with Gasteiger partial charge in [0, 0.05) is 17.6 Å². The van der Waals surface area contributed by atoms with Crippen LogP contribution in [0.4, 0.5) is 10.1 Å². The summed E-state index contributed by atoms with van der Waals surface area (Å²) in [7, 11) is 0. The monoisotopic (exact) mass is 385 g/mol. The maximum atomic E-state index is 13.8. The number of hydrogen-bond acceptors (Lipinski definition) is 5. The minimum atomic E-state index is -0.418. The van der Waals surface area contributed by atoms with Gasteiger partial charge in [-0.2, -0.15) is 0 Å². The number of hydrazine groups is 1. The normalized spacial score (nSPS) is 14.6. The lowest BCUT2D eigenvalue weighted by molar-refractivity contribution is 0.285. The zero-order valence-electron chi connectivity index (χ0n) is 14.3. The Morgan fingerprint density at radius 1 is 1.22 bits per heavy atom. The van der Waals surface area contributed by atoms with Crippen LogP contribution in [0.15, 0.2) is 60.7 Å². The molecule has 0 spiro atoms. The molecule has 1 aliphatic rings. The molecule has 3 aromatic rings. The van der Waals surface area contributed by atoms with E-state index in [1.54, 1.807) is 36.7 Å². The first-order valence-corrected chi connectivity index (χ1v) is 8.64. The number of aromatic nitrogens is 2. The van der Waals surface area contributed by atoms with Crippen LogP contribution in [0, 0.1) is 5.82 Å². The maximum absolute atomic E-state index is 13.8. The lowest BCUT2D eigenvalue weighted by Gasteiger charge is -2.21. The highest BCUT2D eigenvalue weighted by atomic mass is 35.5. The largest absolute Gasteiger partial charge is 0.484 e. The highest BCUT2D eigenvalue weighted by Crippen LogP contribution is 2.34. The van der Waals surface area contributed by atoms with Gasteiger partial charge in [-0.15, -0.1) is 0 Å². The van der Waals surface area contributed by atoms with E-state index >= 15 is 0 Å². The molecule has 0 fully saturated rings. The SMILES string of the molecule is N/C=C1/Cc2c(COc3ccccc3F)ncn2-c2ccc(Cl)cc2N1N. The summed E-state index contributed by atoms with van der Waals surface area (Å²) in [6.07, 6.45) is 3.58. The van der Waals surface area contributed by atoms with Crippen molar-refractivity contribution in [1.82, 2.24) is 9.55 Å². The van der Waals surface area contributed by atoms with Crippen LogP contribution in [-0.2, 0) is 13.0 Å². The van der Waals surface area contributed by atoms with Crippen molar-refractivity contribution in [3.63, 3.8) is 0 Å². The van der Waals surface area contributed by atoms with Crippen molar-refractivity contribution < 1.29 is 9.13 Å². The quantitative estimate of drug-likeness (QED) is 0.676. The zero-order valence-corrected chi connectivity index (χ0v) is 15.0. The van der Waals surface area contributed by atoms with Crippen molar-refractivity contribution in [2.24, 2.45) is 11.6 Å². The summed E-state index contributed by atoms with van der Waals surface area (Å²) >= 11 is 6.14. The average molecular weight is 386 g/mol. The number of allylic oxidation sites excluding steroid dienone is 1. The number of hydrogen-bond donors (Lipinski definition) is 2. The predicted octanol–water partition coefficient (Wildman–Crippen LogP) is 3.28. The van der Waals surface area contributed by atoms with Gasteiger partial charge >= 0.3 is 0 Å². The lowest BCUT2D eigenvalue weighted by atomic mass is 10.2. The Bertz CT molecular complexity index is 1030. The standard InChI is InChI=1S/C19H17ClFN5O/c20-12-5-6-16-18(7-12)26(23)13(9-22)8-17-15(24-11-25(16)17)10-27-19-4-2-1-3-14(19)21/h1-7,9,11H,8,10,22-23H2/b13-9-. The summed E-state index contributed by atoms with van der Waals surface area (Å²) in [6, 6.07) is 11.7. The van der Waals surface area contributed by atoms with Crippen molar-refractivity contribution in [1.29, 1.82) is 0 Å². The Labute approximate surface area is 160 Å². The molecular formula is C19H17ClFN5O. The van der Waals surface area contributed by atoms with E-state index in [-0.39, 0.29) is 12.4 Å². The van der Waals surface area contributed by atoms with E-state index in [4.69, 9.17) is 27.9 Å². The van der Waals surface area contributed by atoms with E-state index < -0.39 is 5.82 Å². The minimum absolute atomic E-state index is 0.120. The number of anilines is 1. The molecule has 2 aromatic carbocycles. The first kappa shape index (κ1) is 17.4. The van der Waals surface area contributed by atoms with Gasteiger partial charge in [-0.1, -0.05) is 23.7 Å². The first-order valence-electron chi connectivity index (χ1n) is 8.26. The summed E-state index contributed by atoms with van der Waals surface area (Å²) < 4.78 is 21.4. The summed E-state index contributed by atoms with van der Waals surface area (Å²) in [5.74, 6) is 6.01. The second-order valence-electron chi connectivity index (χ2n) is 6.06. The summed E-state index contributed by atoms with van der Waals surface area (Å²) in [4.78, 5) is 4.45. The second kappa shape index (κ2) is 6.94. The van der Waals surface area contributed by atoms with Gasteiger partial charge in [-0.05, 0) is 30.3 Å². The highest BCUT2D eigenvalue weighted by Gasteiger charge is 2.25. The van der Waals surface area contributed by atoms with Gasteiger partial charge in [0.1, 0.15) is 6.61 Å². The van der Waals surface area contributed by atoms with Crippen molar-refractivity contribution in [2.75, 3.05) is 5.01 Å². The maximum Gasteiger partial charge on any atom is 0.165 e. The Morgan fingerprint density at radius 3 is 2.81 bits per heavy atom. The van der Waals surface area contributed by atoms with E-state index in [0.29, 0.717) is 28.5 Å². The van der Waals surface area contributed by atoms with Crippen LogP contribution in [0.25, 0.3) is 5.69 Å². The van der Waals surface area contributed by atoms with E-state index in [0.717, 1.165) is 11.4 Å². The van der Waals surface area contributed by atoms with Gasteiger partial charge in [-0.3, -0.25) is 5.01 Å². The minimum Gasteiger partial charge on any atom is -0.484 e. The molecule has 4 rings (SSSR count). The van der Waals surface area contributed by atoms with Crippen molar-refractivity contribution in [3.8, 4) is 11.4 Å². The number of fused-ring (bicyclic) bond motifs is 3. The molecular weight excluding hydrogens is 369 g/mol. The third-order valence-electron chi connectivity index (χ3n) is 4.46. The van der Waals surface area contributed by atoms with Crippen LogP contribution in [0.2, 0.25) is 5.02 Å². The smallest absolute Gasteiger partial charge is 0.165 e. The fourth-order valence-corrected chi connectivity index (χ4v) is 3.24. The number of ether oxygens (including phenoxy) is 1. The first-order chi connectivity index (χ1) is 13.1. The number of rotatable bonds is 3. The third-order valence-corrected chi connectivity index (χ3v) is 4.70. The summed E-state index contributed by atoms with van der Waals surface area (Å²) in [5.41, 5.74) is 9.54. The topological polar surface area (TPSA) is 82.3 Å². The van der Waals surface area contributed by atoms with Crippen molar-refractivity contribution >= 4 is 17.3 Å². The molecule has 0 unspecified atom stereocenters. The fourth-order valence-electron chi connectivity index (χ4n) is 3.08. The highest BCUT2D eigenvalue weighted by molar-refractivity contribution is 6.31. The van der Waals surface area contributed by atoms with Crippen molar-refractivity contribution in [2.45, 2.75) is 13.0 Å². The number of nitrogens with zero attached hydrogens (tertiary/aromatic N) is 3. The van der Waals surface area contributed by atoms with Crippen LogP contribution in [0.3, 0.4) is 0 Å². The van der Waals surface area contributed by atoms with Gasteiger partial charge < -0.3 is 15.0 Å². The lowest BCUT2D eigenvalue weighted by Crippen LogP contribution is -2.31. The van der Waals surface area contributed by atoms with Crippen LogP contribution < -0.4 is 21.3 Å². The Hall–Kier alpha value is -3.03. The van der Waals surface area contributed by atoms with Crippen LogP contribution >= 0.6 is 11.6 Å². The molecule has 0 radical (unpaired) electrons. The average Bonchev–Trinajstić information content (AvgIpc) is 3.02. The molecule has 0 aliphatic carbocycles. The molecule has 0 saturated carbocycles. The van der Waals surface area contributed by atoms with E-state index in [9.17, 15) is 4.39 Å². The number of nitrogens with two attached hydrogens (primary N) is 2. The molecule has 0 saturated heterocycles. The summed E-state index contributed by atoms with van der Waals surface area (Å²) in [6.45, 7) is 0.120. The van der Waals surface area contributed by atoms with E-state index in [1.165, 1.54) is 17.3 Å². The molecule has 4 N–H and O–H groups in total. The number of benzene rings is 2. The molecule has 138 valence electrons. The molecule has 0 amide bonds. The van der Waals surface area contributed by atoms with Gasteiger partial charge in [0.2, 0.25) is 0 Å². The van der Waals surface area contributed by atoms with Gasteiger partial charge in [0.15, 0.2) is 11.6 Å². The molecule has 1 aromatic heterocycles. The number of imidazole rings is 1. The third kappa shape index (κ3) is 3.11. The van der Waals surface area contributed by atoms with Gasteiger partial charge in [0.05, 0.1) is 34.8 Å². The van der Waals surface area contributed by atoms with Gasteiger partial charge in [-0.25, -0.2) is 15.2 Å². The van der Waals surface area contributed by atoms with Gasteiger partial charge in [0.25, 0.3) is 0 Å². The fraction of sp³-hybridized carbons (Fsp3) is 0.105. The molecule has 27 heavy (non-hydrogen) atoms. The van der Waals surface area contributed by atoms with Crippen LogP contribution in [-0.4, -0.2) is 9.55 Å². The van der Waals surface area contributed by atoms with E-state index in [1.807, 2.05) is 10.6 Å².